The van der Waals surface area contributed by atoms with Crippen molar-refractivity contribution in [3.05, 3.63) is 76.3 Å². The lowest BCUT2D eigenvalue weighted by Crippen LogP contribution is -2.47. The number of hydrogen-bond donors (Lipinski definition) is 1. The predicted octanol–water partition coefficient (Wildman–Crippen LogP) is 6.02. The van der Waals surface area contributed by atoms with Crippen LogP contribution < -0.4 is 5.32 Å². The van der Waals surface area contributed by atoms with Gasteiger partial charge in [-0.3, -0.25) is 0 Å². The fourth-order valence-electron chi connectivity index (χ4n) is 3.70. The summed E-state index contributed by atoms with van der Waals surface area (Å²) in [4.78, 5) is 6.84. The molecule has 1 aliphatic rings. The second kappa shape index (κ2) is 8.81. The molecule has 1 N–H and O–H groups in total. The number of aromatic nitrogens is 2. The van der Waals surface area contributed by atoms with Gasteiger partial charge in [0.25, 0.3) is 5.89 Å². The van der Waals surface area contributed by atoms with E-state index in [2.05, 4.69) is 67.3 Å². The van der Waals surface area contributed by atoms with Crippen LogP contribution in [0.25, 0.3) is 17.0 Å². The van der Waals surface area contributed by atoms with E-state index < -0.39 is 0 Å². The topological polar surface area (TPSA) is 54.2 Å². The summed E-state index contributed by atoms with van der Waals surface area (Å²) in [5, 5.41) is 9.10. The lowest BCUT2D eigenvalue weighted by atomic mass is 9.94. The van der Waals surface area contributed by atoms with E-state index in [1.807, 2.05) is 24.3 Å². The average Bonchev–Trinajstić information content (AvgIpc) is 3.21. The molecule has 7 heteroatoms. The lowest BCUT2D eigenvalue weighted by molar-refractivity contribution is 0.386. The van der Waals surface area contributed by atoms with Crippen molar-refractivity contribution in [1.29, 1.82) is 0 Å². The Morgan fingerprint density at radius 2 is 1.77 bits per heavy atom. The van der Waals surface area contributed by atoms with Gasteiger partial charge in [-0.1, -0.05) is 60.4 Å². The van der Waals surface area contributed by atoms with Crippen LogP contribution in [-0.2, 0) is 0 Å². The molecule has 1 aliphatic heterocycles. The summed E-state index contributed by atoms with van der Waals surface area (Å²) in [6.45, 7) is 9.30. The molecule has 160 valence electrons. The van der Waals surface area contributed by atoms with Crippen LogP contribution in [0.1, 0.15) is 43.8 Å². The molecular formula is C24H25ClN4OS. The van der Waals surface area contributed by atoms with Gasteiger partial charge in [-0.05, 0) is 61.8 Å². The standard InChI is InChI=1S/C24H25ClN4OS/c1-14(2)13-29-16(4)20(21(26-24(29)31)17-7-5-15(3)6-8-17)23-27-22(28-30-23)18-9-11-19(25)12-10-18/h5-12,14,21H,13H2,1-4H3,(H,26,31). The van der Waals surface area contributed by atoms with Gasteiger partial charge in [0.1, 0.15) is 0 Å². The van der Waals surface area contributed by atoms with E-state index in [0.29, 0.717) is 27.8 Å². The largest absolute Gasteiger partial charge is 0.351 e. The molecule has 31 heavy (non-hydrogen) atoms. The van der Waals surface area contributed by atoms with Crippen molar-refractivity contribution < 1.29 is 4.52 Å². The van der Waals surface area contributed by atoms with Crippen molar-refractivity contribution in [2.75, 3.05) is 6.54 Å². The average molecular weight is 453 g/mol. The normalized spacial score (nSPS) is 16.8. The van der Waals surface area contributed by atoms with Crippen LogP contribution in [0.2, 0.25) is 5.02 Å². The molecule has 1 unspecified atom stereocenters. The summed E-state index contributed by atoms with van der Waals surface area (Å²) in [5.41, 5.74) is 5.11. The van der Waals surface area contributed by atoms with Gasteiger partial charge in [-0.2, -0.15) is 4.98 Å². The molecule has 1 aromatic heterocycles. The molecule has 0 spiro atoms. The molecule has 2 heterocycles. The Kier molecular flexibility index (Phi) is 6.12. The van der Waals surface area contributed by atoms with Gasteiger partial charge in [0.2, 0.25) is 5.82 Å². The zero-order chi connectivity index (χ0) is 22.1. The van der Waals surface area contributed by atoms with Gasteiger partial charge in [0.15, 0.2) is 5.11 Å². The van der Waals surface area contributed by atoms with Crippen molar-refractivity contribution in [3.8, 4) is 11.4 Å². The van der Waals surface area contributed by atoms with Crippen LogP contribution in [0.15, 0.2) is 58.8 Å². The monoisotopic (exact) mass is 452 g/mol. The third-order valence-electron chi connectivity index (χ3n) is 5.31. The van der Waals surface area contributed by atoms with Gasteiger partial charge in [-0.15, -0.1) is 0 Å². The van der Waals surface area contributed by atoms with Gasteiger partial charge in [0.05, 0.1) is 11.6 Å². The molecule has 2 aromatic carbocycles. The van der Waals surface area contributed by atoms with E-state index in [4.69, 9.17) is 33.3 Å². The van der Waals surface area contributed by atoms with Crippen LogP contribution in [0, 0.1) is 12.8 Å². The van der Waals surface area contributed by atoms with Crippen molar-refractivity contribution in [3.63, 3.8) is 0 Å². The van der Waals surface area contributed by atoms with E-state index >= 15 is 0 Å². The Morgan fingerprint density at radius 1 is 1.10 bits per heavy atom. The number of nitrogens with one attached hydrogen (secondary N) is 1. The fourth-order valence-corrected chi connectivity index (χ4v) is 4.16. The molecule has 4 rings (SSSR count). The first kappa shape index (κ1) is 21.5. The van der Waals surface area contributed by atoms with Crippen LogP contribution >= 0.6 is 23.8 Å². The zero-order valence-electron chi connectivity index (χ0n) is 18.0. The smallest absolute Gasteiger partial charge is 0.258 e. The van der Waals surface area contributed by atoms with E-state index in [9.17, 15) is 0 Å². The number of hydrogen-bond acceptors (Lipinski definition) is 4. The lowest BCUT2D eigenvalue weighted by Gasteiger charge is -2.38. The second-order valence-corrected chi connectivity index (χ2v) is 9.05. The molecule has 5 nitrogen and oxygen atoms in total. The van der Waals surface area contributed by atoms with Crippen molar-refractivity contribution >= 4 is 34.5 Å². The fraction of sp³-hybridized carbons (Fsp3) is 0.292. The van der Waals surface area contributed by atoms with Crippen molar-refractivity contribution in [1.82, 2.24) is 20.4 Å². The number of rotatable bonds is 5. The summed E-state index contributed by atoms with van der Waals surface area (Å²) in [6, 6.07) is 15.6. The van der Waals surface area contributed by atoms with E-state index in [0.717, 1.165) is 28.9 Å². The number of nitrogens with zero attached hydrogens (tertiary/aromatic N) is 3. The second-order valence-electron chi connectivity index (χ2n) is 8.23. The SMILES string of the molecule is CC1=C(c2nc(-c3ccc(Cl)cc3)no2)C(c2ccc(C)cc2)NC(=S)N1CC(C)C. The Hall–Kier alpha value is -2.70. The highest BCUT2D eigenvalue weighted by Crippen LogP contribution is 2.37. The van der Waals surface area contributed by atoms with Crippen LogP contribution in [0.3, 0.4) is 0 Å². The number of halogens is 1. The first-order valence-electron chi connectivity index (χ1n) is 10.3. The molecule has 0 saturated carbocycles. The van der Waals surface area contributed by atoms with Gasteiger partial charge in [-0.25, -0.2) is 0 Å². The maximum atomic E-state index is 6.02. The minimum Gasteiger partial charge on any atom is -0.351 e. The predicted molar refractivity (Wildman–Crippen MR) is 129 cm³/mol. The highest BCUT2D eigenvalue weighted by atomic mass is 35.5. The Morgan fingerprint density at radius 3 is 2.42 bits per heavy atom. The molecule has 0 bridgehead atoms. The van der Waals surface area contributed by atoms with Crippen molar-refractivity contribution in [2.24, 2.45) is 5.92 Å². The Balaban J connectivity index is 1.80. The van der Waals surface area contributed by atoms with Crippen LogP contribution in [0.5, 0.6) is 0 Å². The zero-order valence-corrected chi connectivity index (χ0v) is 19.6. The highest BCUT2D eigenvalue weighted by molar-refractivity contribution is 7.80. The van der Waals surface area contributed by atoms with Gasteiger partial charge in [0, 0.05) is 22.8 Å². The number of aryl methyl sites for hydroxylation is 1. The quantitative estimate of drug-likeness (QED) is 0.478. The van der Waals surface area contributed by atoms with Gasteiger partial charge >= 0.3 is 0 Å². The summed E-state index contributed by atoms with van der Waals surface area (Å²) < 4.78 is 5.76. The number of thiocarbonyl (C=S) groups is 1. The van der Waals surface area contributed by atoms with Gasteiger partial charge < -0.3 is 14.7 Å². The summed E-state index contributed by atoms with van der Waals surface area (Å²) in [7, 11) is 0. The maximum Gasteiger partial charge on any atom is 0.258 e. The molecule has 0 aliphatic carbocycles. The van der Waals surface area contributed by atoms with E-state index in [1.54, 1.807) is 0 Å². The number of benzene rings is 2. The first-order valence-corrected chi connectivity index (χ1v) is 11.1. The Bertz CT molecular complexity index is 1120. The summed E-state index contributed by atoms with van der Waals surface area (Å²) in [6.07, 6.45) is 0. The molecule has 0 radical (unpaired) electrons. The highest BCUT2D eigenvalue weighted by Gasteiger charge is 2.34. The molecule has 0 saturated heterocycles. The molecule has 1 atom stereocenters. The maximum absolute atomic E-state index is 6.02. The molecular weight excluding hydrogens is 428 g/mol. The third-order valence-corrected chi connectivity index (χ3v) is 5.90. The van der Waals surface area contributed by atoms with E-state index in [-0.39, 0.29) is 6.04 Å². The summed E-state index contributed by atoms with van der Waals surface area (Å²) >= 11 is 11.7. The van der Waals surface area contributed by atoms with Crippen molar-refractivity contribution in [2.45, 2.75) is 33.7 Å². The molecule has 0 amide bonds. The molecule has 3 aromatic rings. The third kappa shape index (κ3) is 4.50. The summed E-state index contributed by atoms with van der Waals surface area (Å²) in [5.74, 6) is 1.45. The minimum atomic E-state index is -0.171. The number of allylic oxidation sites excluding steroid dienone is 1. The van der Waals surface area contributed by atoms with E-state index in [1.165, 1.54) is 5.56 Å². The Labute approximate surface area is 193 Å². The minimum absolute atomic E-state index is 0.171. The molecule has 0 fully saturated rings. The first-order chi connectivity index (χ1) is 14.8. The van der Waals surface area contributed by atoms with Crippen LogP contribution in [0.4, 0.5) is 0 Å². The van der Waals surface area contributed by atoms with Crippen LogP contribution in [-0.4, -0.2) is 26.7 Å².